The third-order valence-electron chi connectivity index (χ3n) is 2.60. The second-order valence-corrected chi connectivity index (χ2v) is 3.72. The van der Waals surface area contributed by atoms with Crippen LogP contribution in [-0.2, 0) is 0 Å². The van der Waals surface area contributed by atoms with Crippen molar-refractivity contribution in [3.8, 4) is 22.8 Å². The number of methoxy groups -OCH3 is 2. The smallest absolute Gasteiger partial charge is 0.354 e. The van der Waals surface area contributed by atoms with Crippen LogP contribution in [0.4, 0.5) is 5.95 Å². The summed E-state index contributed by atoms with van der Waals surface area (Å²) >= 11 is 0. The number of hydrogen-bond acceptors (Lipinski definition) is 5. The van der Waals surface area contributed by atoms with Crippen molar-refractivity contribution in [2.45, 2.75) is 0 Å². The number of anilines is 1. The van der Waals surface area contributed by atoms with Crippen molar-refractivity contribution in [1.29, 1.82) is 0 Å². The summed E-state index contributed by atoms with van der Waals surface area (Å²) in [6, 6.07) is 5.02. The number of nitrogens with two attached hydrogens (primary N) is 1. The first-order valence-corrected chi connectivity index (χ1v) is 5.38. The van der Waals surface area contributed by atoms with Gasteiger partial charge in [0.1, 0.15) is 17.2 Å². The summed E-state index contributed by atoms with van der Waals surface area (Å²) in [4.78, 5) is 17.7. The first kappa shape index (κ1) is 12.7. The molecule has 0 spiro atoms. The molecule has 0 radical (unpaired) electrons. The number of imidazole rings is 1. The monoisotopic (exact) mass is 263 g/mol. The standard InChI is InChI=1S/C12H13N3O4/c1-18-6-3-4-8(19-2)7(5-6)9-10(11(16)17)15-12(13)14-9/h3-5H,1-2H3,(H,16,17)(H3,13,14,15). The van der Waals surface area contributed by atoms with E-state index in [4.69, 9.17) is 20.3 Å². The summed E-state index contributed by atoms with van der Waals surface area (Å²) in [7, 11) is 3.00. The lowest BCUT2D eigenvalue weighted by molar-refractivity contribution is 0.0692. The Morgan fingerprint density at radius 1 is 1.37 bits per heavy atom. The first-order chi connectivity index (χ1) is 9.06. The van der Waals surface area contributed by atoms with Crippen molar-refractivity contribution in [2.24, 2.45) is 0 Å². The predicted molar refractivity (Wildman–Crippen MR) is 68.5 cm³/mol. The van der Waals surface area contributed by atoms with Gasteiger partial charge in [0.2, 0.25) is 0 Å². The van der Waals surface area contributed by atoms with Crippen molar-refractivity contribution in [3.63, 3.8) is 0 Å². The van der Waals surface area contributed by atoms with Gasteiger partial charge >= 0.3 is 5.97 Å². The summed E-state index contributed by atoms with van der Waals surface area (Å²) in [5.74, 6) is -0.0788. The molecule has 100 valence electrons. The van der Waals surface area contributed by atoms with E-state index < -0.39 is 5.97 Å². The minimum absolute atomic E-state index is 0.0253. The van der Waals surface area contributed by atoms with E-state index in [-0.39, 0.29) is 17.3 Å². The number of nitrogens with one attached hydrogen (secondary N) is 1. The Balaban J connectivity index is 2.66. The fourth-order valence-corrected chi connectivity index (χ4v) is 1.74. The lowest BCUT2D eigenvalue weighted by Crippen LogP contribution is -2.00. The Labute approximate surface area is 109 Å². The van der Waals surface area contributed by atoms with Gasteiger partial charge < -0.3 is 25.3 Å². The molecule has 0 bridgehead atoms. The Bertz CT molecular complexity index is 621. The fourth-order valence-electron chi connectivity index (χ4n) is 1.74. The Morgan fingerprint density at radius 2 is 2.11 bits per heavy atom. The molecule has 19 heavy (non-hydrogen) atoms. The number of carboxylic acids is 1. The number of rotatable bonds is 4. The van der Waals surface area contributed by atoms with Gasteiger partial charge in [-0.05, 0) is 18.2 Å². The number of aromatic amines is 1. The average molecular weight is 263 g/mol. The van der Waals surface area contributed by atoms with Gasteiger partial charge in [0, 0.05) is 5.56 Å². The summed E-state index contributed by atoms with van der Waals surface area (Å²) < 4.78 is 10.3. The zero-order valence-corrected chi connectivity index (χ0v) is 10.4. The number of carbonyl (C=O) groups is 1. The maximum atomic E-state index is 11.2. The summed E-state index contributed by atoms with van der Waals surface area (Å²) in [6.07, 6.45) is 0. The van der Waals surface area contributed by atoms with Crippen molar-refractivity contribution in [2.75, 3.05) is 20.0 Å². The number of nitrogen functional groups attached to an aromatic ring is 1. The minimum atomic E-state index is -1.15. The Hall–Kier alpha value is -2.70. The summed E-state index contributed by atoms with van der Waals surface area (Å²) in [5, 5.41) is 9.13. The predicted octanol–water partition coefficient (Wildman–Crippen LogP) is 1.37. The highest BCUT2D eigenvalue weighted by Gasteiger charge is 2.20. The van der Waals surface area contributed by atoms with Gasteiger partial charge in [0.25, 0.3) is 0 Å². The third kappa shape index (κ3) is 2.30. The lowest BCUT2D eigenvalue weighted by Gasteiger charge is -2.09. The molecule has 4 N–H and O–H groups in total. The van der Waals surface area contributed by atoms with Gasteiger partial charge in [-0.1, -0.05) is 0 Å². The molecule has 1 aromatic carbocycles. The van der Waals surface area contributed by atoms with Crippen LogP contribution >= 0.6 is 0 Å². The number of ether oxygens (including phenoxy) is 2. The normalized spacial score (nSPS) is 10.2. The summed E-state index contributed by atoms with van der Waals surface area (Å²) in [5.41, 5.74) is 6.12. The molecule has 0 fully saturated rings. The van der Waals surface area contributed by atoms with Gasteiger partial charge in [0.15, 0.2) is 11.6 Å². The number of benzene rings is 1. The van der Waals surface area contributed by atoms with E-state index in [1.54, 1.807) is 18.2 Å². The van der Waals surface area contributed by atoms with Crippen LogP contribution in [0.3, 0.4) is 0 Å². The van der Waals surface area contributed by atoms with Crippen LogP contribution in [0, 0.1) is 0 Å². The van der Waals surface area contributed by atoms with E-state index in [2.05, 4.69) is 9.97 Å². The van der Waals surface area contributed by atoms with Gasteiger partial charge in [-0.3, -0.25) is 0 Å². The van der Waals surface area contributed by atoms with E-state index in [0.29, 0.717) is 17.1 Å². The number of aromatic carboxylic acids is 1. The van der Waals surface area contributed by atoms with Gasteiger partial charge in [-0.2, -0.15) is 0 Å². The zero-order valence-electron chi connectivity index (χ0n) is 10.4. The van der Waals surface area contributed by atoms with E-state index >= 15 is 0 Å². The molecule has 0 amide bonds. The van der Waals surface area contributed by atoms with Crippen molar-refractivity contribution in [1.82, 2.24) is 9.97 Å². The summed E-state index contributed by atoms with van der Waals surface area (Å²) in [6.45, 7) is 0. The molecule has 7 nitrogen and oxygen atoms in total. The molecule has 0 atom stereocenters. The maximum absolute atomic E-state index is 11.2. The molecule has 1 heterocycles. The Morgan fingerprint density at radius 3 is 2.68 bits per heavy atom. The Kier molecular flexibility index (Phi) is 3.28. The first-order valence-electron chi connectivity index (χ1n) is 5.38. The van der Waals surface area contributed by atoms with Crippen LogP contribution in [0.5, 0.6) is 11.5 Å². The van der Waals surface area contributed by atoms with Crippen LogP contribution in [0.1, 0.15) is 10.5 Å². The molecule has 0 unspecified atom stereocenters. The molecule has 7 heteroatoms. The number of nitrogens with zero attached hydrogens (tertiary/aromatic N) is 1. The van der Waals surface area contributed by atoms with Gasteiger partial charge in [0.05, 0.1) is 14.2 Å². The highest BCUT2D eigenvalue weighted by Crippen LogP contribution is 2.34. The second-order valence-electron chi connectivity index (χ2n) is 3.72. The number of hydrogen-bond donors (Lipinski definition) is 3. The number of aromatic nitrogens is 2. The quantitative estimate of drug-likeness (QED) is 0.768. The van der Waals surface area contributed by atoms with E-state index in [0.717, 1.165) is 0 Å². The second kappa shape index (κ2) is 4.89. The molecular formula is C12H13N3O4. The molecule has 0 saturated carbocycles. The van der Waals surface area contributed by atoms with E-state index in [9.17, 15) is 4.79 Å². The molecule has 0 saturated heterocycles. The average Bonchev–Trinajstić information content (AvgIpc) is 2.80. The van der Waals surface area contributed by atoms with Gasteiger partial charge in [-0.25, -0.2) is 9.78 Å². The number of H-pyrrole nitrogens is 1. The molecule has 0 aliphatic carbocycles. The highest BCUT2D eigenvalue weighted by molar-refractivity contribution is 5.94. The van der Waals surface area contributed by atoms with Crippen LogP contribution in [0.25, 0.3) is 11.3 Å². The van der Waals surface area contributed by atoms with E-state index in [1.165, 1.54) is 14.2 Å². The maximum Gasteiger partial charge on any atom is 0.354 e. The lowest BCUT2D eigenvalue weighted by atomic mass is 10.1. The number of carboxylic acid groups (broad SMARTS) is 1. The van der Waals surface area contributed by atoms with Crippen molar-refractivity contribution >= 4 is 11.9 Å². The molecule has 0 aliphatic heterocycles. The largest absolute Gasteiger partial charge is 0.497 e. The molecule has 0 aliphatic rings. The fraction of sp³-hybridized carbons (Fsp3) is 0.167. The zero-order chi connectivity index (χ0) is 14.0. The highest BCUT2D eigenvalue weighted by atomic mass is 16.5. The van der Waals surface area contributed by atoms with Crippen LogP contribution < -0.4 is 15.2 Å². The van der Waals surface area contributed by atoms with Crippen LogP contribution in [0.2, 0.25) is 0 Å². The molecular weight excluding hydrogens is 250 g/mol. The minimum Gasteiger partial charge on any atom is -0.497 e. The van der Waals surface area contributed by atoms with Crippen LogP contribution in [0.15, 0.2) is 18.2 Å². The molecule has 2 aromatic rings. The molecule has 2 rings (SSSR count). The topological polar surface area (TPSA) is 110 Å². The van der Waals surface area contributed by atoms with Crippen molar-refractivity contribution < 1.29 is 19.4 Å². The van der Waals surface area contributed by atoms with E-state index in [1.807, 2.05) is 0 Å². The molecule has 1 aromatic heterocycles. The third-order valence-corrected chi connectivity index (χ3v) is 2.60. The van der Waals surface area contributed by atoms with Gasteiger partial charge in [-0.15, -0.1) is 0 Å². The van der Waals surface area contributed by atoms with Crippen LogP contribution in [-0.4, -0.2) is 35.3 Å². The van der Waals surface area contributed by atoms with Crippen molar-refractivity contribution in [3.05, 3.63) is 23.9 Å². The SMILES string of the molecule is COc1ccc(OC)c(-c2nc(N)[nH]c2C(=O)O)c1.